The minimum atomic E-state index is -4.35. The fraction of sp³-hybridized carbons (Fsp3) is 0.250. The van der Waals surface area contributed by atoms with Crippen LogP contribution < -0.4 is 5.32 Å². The molecule has 1 heterocycles. The van der Waals surface area contributed by atoms with E-state index in [9.17, 15) is 13.2 Å². The Morgan fingerprint density at radius 1 is 1.28 bits per heavy atom. The van der Waals surface area contributed by atoms with Gasteiger partial charge in [0.05, 0.1) is 17.1 Å². The summed E-state index contributed by atoms with van der Waals surface area (Å²) in [4.78, 5) is 4.66. The van der Waals surface area contributed by atoms with E-state index >= 15 is 0 Å². The molecule has 0 fully saturated rings. The summed E-state index contributed by atoms with van der Waals surface area (Å²) in [6.07, 6.45) is -2.77. The number of thiazole rings is 1. The zero-order valence-corrected chi connectivity index (χ0v) is 10.3. The van der Waals surface area contributed by atoms with Gasteiger partial charge in [-0.3, -0.25) is 4.98 Å². The van der Waals surface area contributed by atoms with Crippen molar-refractivity contribution in [2.45, 2.75) is 12.2 Å². The maximum Gasteiger partial charge on any atom is 0.416 e. The molecule has 0 spiro atoms. The lowest BCUT2D eigenvalue weighted by Crippen LogP contribution is -2.21. The van der Waals surface area contributed by atoms with Crippen LogP contribution in [0.2, 0.25) is 0 Å². The van der Waals surface area contributed by atoms with Gasteiger partial charge in [-0.1, -0.05) is 18.2 Å². The highest BCUT2D eigenvalue weighted by Gasteiger charge is 2.35. The summed E-state index contributed by atoms with van der Waals surface area (Å²) in [5, 5.41) is 2.90. The van der Waals surface area contributed by atoms with Crippen LogP contribution in [0.3, 0.4) is 0 Å². The number of hydrogen-bond acceptors (Lipinski definition) is 3. The Hall–Kier alpha value is -1.40. The van der Waals surface area contributed by atoms with Crippen LogP contribution in [0.5, 0.6) is 0 Å². The van der Waals surface area contributed by atoms with Gasteiger partial charge >= 0.3 is 6.18 Å². The number of aromatic nitrogens is 1. The van der Waals surface area contributed by atoms with Crippen molar-refractivity contribution in [1.29, 1.82) is 0 Å². The van der Waals surface area contributed by atoms with Gasteiger partial charge in [-0.2, -0.15) is 13.2 Å². The van der Waals surface area contributed by atoms with Crippen LogP contribution in [0.25, 0.3) is 0 Å². The Balaban J connectivity index is 2.50. The number of hydrogen-bond donors (Lipinski definition) is 1. The maximum absolute atomic E-state index is 12.9. The van der Waals surface area contributed by atoms with E-state index < -0.39 is 17.8 Å². The van der Waals surface area contributed by atoms with Gasteiger partial charge in [0.1, 0.15) is 0 Å². The predicted molar refractivity (Wildman–Crippen MR) is 64.5 cm³/mol. The van der Waals surface area contributed by atoms with Crippen LogP contribution in [-0.4, -0.2) is 12.0 Å². The van der Waals surface area contributed by atoms with Crippen molar-refractivity contribution in [3.05, 3.63) is 52.0 Å². The Kier molecular flexibility index (Phi) is 3.68. The average Bonchev–Trinajstić information content (AvgIpc) is 2.83. The molecule has 1 atom stereocenters. The molecule has 2 nitrogen and oxygen atoms in total. The van der Waals surface area contributed by atoms with Gasteiger partial charge in [-0.15, -0.1) is 11.3 Å². The monoisotopic (exact) mass is 272 g/mol. The Morgan fingerprint density at radius 2 is 2.00 bits per heavy atom. The van der Waals surface area contributed by atoms with Gasteiger partial charge in [-0.05, 0) is 18.7 Å². The van der Waals surface area contributed by atoms with Gasteiger partial charge in [0.25, 0.3) is 0 Å². The van der Waals surface area contributed by atoms with Crippen molar-refractivity contribution in [3.8, 4) is 0 Å². The normalized spacial score (nSPS) is 13.6. The van der Waals surface area contributed by atoms with Crippen molar-refractivity contribution in [3.63, 3.8) is 0 Å². The van der Waals surface area contributed by atoms with Crippen LogP contribution in [-0.2, 0) is 6.18 Å². The summed E-state index contributed by atoms with van der Waals surface area (Å²) >= 11 is 1.33. The van der Waals surface area contributed by atoms with Gasteiger partial charge in [0.2, 0.25) is 0 Å². The standard InChI is InChI=1S/C12H11F3N2S/c1-16-11(10-6-17-7-18-10)8-4-2-3-5-9(8)12(13,14)15/h2-7,11,16H,1H3. The van der Waals surface area contributed by atoms with Crippen molar-refractivity contribution < 1.29 is 13.2 Å². The number of halogens is 3. The van der Waals surface area contributed by atoms with E-state index in [1.807, 2.05) is 0 Å². The van der Waals surface area contributed by atoms with Crippen LogP contribution in [0.15, 0.2) is 36.0 Å². The smallest absolute Gasteiger partial charge is 0.309 e. The predicted octanol–water partition coefficient (Wildman–Crippen LogP) is 3.47. The summed E-state index contributed by atoms with van der Waals surface area (Å²) in [5.74, 6) is 0. The molecule has 0 aliphatic rings. The number of benzene rings is 1. The first-order chi connectivity index (χ1) is 8.54. The quantitative estimate of drug-likeness (QED) is 0.925. The lowest BCUT2D eigenvalue weighted by molar-refractivity contribution is -0.138. The highest BCUT2D eigenvalue weighted by atomic mass is 32.1. The minimum absolute atomic E-state index is 0.219. The second kappa shape index (κ2) is 5.07. The van der Waals surface area contributed by atoms with Gasteiger partial charge in [0.15, 0.2) is 0 Å². The second-order valence-corrected chi connectivity index (χ2v) is 4.63. The van der Waals surface area contributed by atoms with Crippen LogP contribution in [0, 0.1) is 0 Å². The number of alkyl halides is 3. The van der Waals surface area contributed by atoms with Crippen LogP contribution >= 0.6 is 11.3 Å². The number of nitrogens with one attached hydrogen (secondary N) is 1. The van der Waals surface area contributed by atoms with Crippen molar-refractivity contribution in [1.82, 2.24) is 10.3 Å². The van der Waals surface area contributed by atoms with E-state index in [0.29, 0.717) is 0 Å². The lowest BCUT2D eigenvalue weighted by Gasteiger charge is -2.19. The number of rotatable bonds is 3. The summed E-state index contributed by atoms with van der Waals surface area (Å²) < 4.78 is 38.8. The molecule has 18 heavy (non-hydrogen) atoms. The van der Waals surface area contributed by atoms with E-state index in [4.69, 9.17) is 0 Å². The van der Waals surface area contributed by atoms with E-state index in [1.165, 1.54) is 23.5 Å². The summed E-state index contributed by atoms with van der Waals surface area (Å²) in [7, 11) is 1.64. The first-order valence-corrected chi connectivity index (χ1v) is 6.13. The molecule has 0 amide bonds. The molecule has 2 rings (SSSR count). The third-order valence-electron chi connectivity index (χ3n) is 2.60. The van der Waals surface area contributed by atoms with E-state index in [1.54, 1.807) is 24.8 Å². The molecule has 1 aromatic heterocycles. The number of nitrogens with zero attached hydrogens (tertiary/aromatic N) is 1. The highest BCUT2D eigenvalue weighted by molar-refractivity contribution is 7.09. The average molecular weight is 272 g/mol. The third kappa shape index (κ3) is 2.54. The van der Waals surface area contributed by atoms with Crippen molar-refractivity contribution in [2.24, 2.45) is 0 Å². The van der Waals surface area contributed by atoms with Crippen molar-refractivity contribution in [2.75, 3.05) is 7.05 Å². The fourth-order valence-corrected chi connectivity index (χ4v) is 2.57. The first-order valence-electron chi connectivity index (χ1n) is 5.26. The molecule has 0 saturated heterocycles. The van der Waals surface area contributed by atoms with E-state index in [-0.39, 0.29) is 5.56 Å². The Morgan fingerprint density at radius 3 is 2.56 bits per heavy atom. The summed E-state index contributed by atoms with van der Waals surface area (Å²) in [5.41, 5.74) is 1.21. The SMILES string of the molecule is CNC(c1cncs1)c1ccccc1C(F)(F)F. The largest absolute Gasteiger partial charge is 0.416 e. The van der Waals surface area contributed by atoms with Gasteiger partial charge in [-0.25, -0.2) is 0 Å². The molecular weight excluding hydrogens is 261 g/mol. The molecule has 1 aromatic carbocycles. The van der Waals surface area contributed by atoms with E-state index in [0.717, 1.165) is 10.9 Å². The molecular formula is C12H11F3N2S. The Bertz CT molecular complexity index is 508. The van der Waals surface area contributed by atoms with Gasteiger partial charge < -0.3 is 5.32 Å². The lowest BCUT2D eigenvalue weighted by atomic mass is 9.99. The van der Waals surface area contributed by atoms with Crippen LogP contribution in [0.1, 0.15) is 22.0 Å². The molecule has 0 aliphatic heterocycles. The minimum Gasteiger partial charge on any atom is -0.309 e. The molecule has 0 radical (unpaired) electrons. The molecule has 1 N–H and O–H groups in total. The van der Waals surface area contributed by atoms with Crippen LogP contribution in [0.4, 0.5) is 13.2 Å². The maximum atomic E-state index is 12.9. The zero-order chi connectivity index (χ0) is 13.2. The summed E-state index contributed by atoms with van der Waals surface area (Å²) in [6, 6.07) is 5.10. The molecule has 0 bridgehead atoms. The molecule has 6 heteroatoms. The highest BCUT2D eigenvalue weighted by Crippen LogP contribution is 2.36. The molecule has 0 aliphatic carbocycles. The van der Waals surface area contributed by atoms with Crippen molar-refractivity contribution >= 4 is 11.3 Å². The molecule has 96 valence electrons. The summed E-state index contributed by atoms with van der Waals surface area (Å²) in [6.45, 7) is 0. The first kappa shape index (κ1) is 13.0. The molecule has 0 saturated carbocycles. The fourth-order valence-electron chi connectivity index (χ4n) is 1.83. The Labute approximate surface area is 106 Å². The second-order valence-electron chi connectivity index (χ2n) is 3.71. The van der Waals surface area contributed by atoms with E-state index in [2.05, 4.69) is 10.3 Å². The van der Waals surface area contributed by atoms with Gasteiger partial charge in [0, 0.05) is 11.1 Å². The molecule has 2 aromatic rings. The topological polar surface area (TPSA) is 24.9 Å². The zero-order valence-electron chi connectivity index (χ0n) is 9.53. The third-order valence-corrected chi connectivity index (χ3v) is 3.44. The molecule has 1 unspecified atom stereocenters.